The van der Waals surface area contributed by atoms with Crippen LogP contribution in [-0.2, 0) is 9.53 Å². The van der Waals surface area contributed by atoms with Crippen molar-refractivity contribution < 1.29 is 14.6 Å². The van der Waals surface area contributed by atoms with Crippen molar-refractivity contribution in [3.8, 4) is 0 Å². The predicted molar refractivity (Wildman–Crippen MR) is 57.5 cm³/mol. The van der Waals surface area contributed by atoms with E-state index in [1.165, 1.54) is 0 Å². The molecule has 0 spiro atoms. The fraction of sp³-hybridized carbons (Fsp3) is 0.909. The molecule has 1 fully saturated rings. The first-order chi connectivity index (χ1) is 7.04. The van der Waals surface area contributed by atoms with Gasteiger partial charge in [-0.05, 0) is 24.7 Å². The Morgan fingerprint density at radius 2 is 1.93 bits per heavy atom. The molecule has 2 atom stereocenters. The lowest BCUT2D eigenvalue weighted by molar-refractivity contribution is -0.145. The molecule has 15 heavy (non-hydrogen) atoms. The van der Waals surface area contributed by atoms with Crippen molar-refractivity contribution in [1.29, 1.82) is 0 Å². The quantitative estimate of drug-likeness (QED) is 0.736. The molecule has 2 unspecified atom stereocenters. The summed E-state index contributed by atoms with van der Waals surface area (Å²) in [6.07, 6.45) is 1.77. The van der Waals surface area contributed by atoms with Crippen molar-refractivity contribution in [2.75, 3.05) is 13.2 Å². The van der Waals surface area contributed by atoms with Crippen LogP contribution >= 0.6 is 0 Å². The summed E-state index contributed by atoms with van der Waals surface area (Å²) in [5, 5.41) is 9.13. The average molecular weight is 215 g/mol. The third kappa shape index (κ3) is 3.18. The molecule has 0 aromatic carbocycles. The van der Waals surface area contributed by atoms with E-state index in [1.54, 1.807) is 0 Å². The molecule has 0 radical (unpaired) electrons. The molecule has 1 saturated heterocycles. The Bertz CT molecular complexity index is 212. The number of carbonyl (C=O) groups is 1. The largest absolute Gasteiger partial charge is 0.481 e. The number of nitrogens with two attached hydrogens (primary N) is 1. The maximum absolute atomic E-state index is 11.1. The number of hydrogen-bond acceptors (Lipinski definition) is 3. The van der Waals surface area contributed by atoms with Gasteiger partial charge in [0.25, 0.3) is 0 Å². The van der Waals surface area contributed by atoms with Crippen molar-refractivity contribution in [3.63, 3.8) is 0 Å². The standard InChI is InChI=1S/C11H21NO3/c1-7(2)9(11(13)14)10(12)8-3-5-15-6-4-8/h7-10H,3-6,12H2,1-2H3,(H,13,14). The molecule has 0 saturated carbocycles. The molecule has 1 rings (SSSR count). The van der Waals surface area contributed by atoms with Crippen LogP contribution in [0.15, 0.2) is 0 Å². The molecule has 4 nitrogen and oxygen atoms in total. The smallest absolute Gasteiger partial charge is 0.308 e. The first kappa shape index (κ1) is 12.5. The molecule has 1 heterocycles. The minimum atomic E-state index is -0.774. The molecule has 88 valence electrons. The number of rotatable bonds is 4. The van der Waals surface area contributed by atoms with Crippen LogP contribution in [-0.4, -0.2) is 30.3 Å². The lowest BCUT2D eigenvalue weighted by Crippen LogP contribution is -2.45. The highest BCUT2D eigenvalue weighted by Crippen LogP contribution is 2.26. The molecule has 1 aliphatic rings. The van der Waals surface area contributed by atoms with E-state index in [9.17, 15) is 4.79 Å². The maximum atomic E-state index is 11.1. The third-order valence-corrected chi connectivity index (χ3v) is 3.23. The zero-order chi connectivity index (χ0) is 11.4. The van der Waals surface area contributed by atoms with E-state index in [1.807, 2.05) is 13.8 Å². The summed E-state index contributed by atoms with van der Waals surface area (Å²) < 4.78 is 5.25. The lowest BCUT2D eigenvalue weighted by atomic mass is 9.79. The van der Waals surface area contributed by atoms with Crippen LogP contribution in [0.25, 0.3) is 0 Å². The van der Waals surface area contributed by atoms with Crippen LogP contribution in [0.3, 0.4) is 0 Å². The zero-order valence-electron chi connectivity index (χ0n) is 9.48. The summed E-state index contributed by atoms with van der Waals surface area (Å²) in [5.74, 6) is -0.834. The topological polar surface area (TPSA) is 72.5 Å². The summed E-state index contributed by atoms with van der Waals surface area (Å²) in [6.45, 7) is 5.25. The Balaban J connectivity index is 2.61. The second-order valence-electron chi connectivity index (χ2n) is 4.64. The van der Waals surface area contributed by atoms with Crippen LogP contribution in [0, 0.1) is 17.8 Å². The average Bonchev–Trinajstić information content (AvgIpc) is 2.18. The molecule has 0 bridgehead atoms. The highest BCUT2D eigenvalue weighted by Gasteiger charge is 2.34. The van der Waals surface area contributed by atoms with Gasteiger partial charge in [-0.15, -0.1) is 0 Å². The van der Waals surface area contributed by atoms with Gasteiger partial charge in [-0.1, -0.05) is 13.8 Å². The van der Waals surface area contributed by atoms with Gasteiger partial charge in [0.05, 0.1) is 5.92 Å². The van der Waals surface area contributed by atoms with Crippen molar-refractivity contribution in [2.45, 2.75) is 32.7 Å². The highest BCUT2D eigenvalue weighted by atomic mass is 16.5. The molecular formula is C11H21NO3. The summed E-state index contributed by atoms with van der Waals surface area (Å²) in [5.41, 5.74) is 6.06. The second-order valence-corrected chi connectivity index (χ2v) is 4.64. The van der Waals surface area contributed by atoms with Crippen LogP contribution < -0.4 is 5.73 Å². The van der Waals surface area contributed by atoms with Crippen LogP contribution in [0.5, 0.6) is 0 Å². The number of ether oxygens (including phenoxy) is 1. The summed E-state index contributed by atoms with van der Waals surface area (Å²) in [7, 11) is 0. The Morgan fingerprint density at radius 3 is 2.33 bits per heavy atom. The van der Waals surface area contributed by atoms with Crippen molar-refractivity contribution >= 4 is 5.97 Å². The number of carboxylic acids is 1. The summed E-state index contributed by atoms with van der Waals surface area (Å²) in [4.78, 5) is 11.1. The summed E-state index contributed by atoms with van der Waals surface area (Å²) in [6, 6.07) is -0.244. The zero-order valence-corrected chi connectivity index (χ0v) is 9.48. The SMILES string of the molecule is CC(C)C(C(=O)O)C(N)C1CCOCC1. The number of carboxylic acid groups (broad SMARTS) is 1. The van der Waals surface area contributed by atoms with E-state index in [0.717, 1.165) is 12.8 Å². The molecule has 4 heteroatoms. The van der Waals surface area contributed by atoms with Crippen molar-refractivity contribution in [1.82, 2.24) is 0 Å². The Kier molecular flexibility index (Phi) is 4.54. The fourth-order valence-corrected chi connectivity index (χ4v) is 2.29. The van der Waals surface area contributed by atoms with Gasteiger partial charge in [0, 0.05) is 19.3 Å². The van der Waals surface area contributed by atoms with E-state index >= 15 is 0 Å². The highest BCUT2D eigenvalue weighted by molar-refractivity contribution is 5.71. The molecule has 0 aromatic heterocycles. The Morgan fingerprint density at radius 1 is 1.40 bits per heavy atom. The molecule has 0 aromatic rings. The van der Waals surface area contributed by atoms with Gasteiger partial charge in [-0.3, -0.25) is 4.79 Å². The van der Waals surface area contributed by atoms with E-state index in [-0.39, 0.29) is 12.0 Å². The minimum Gasteiger partial charge on any atom is -0.481 e. The first-order valence-corrected chi connectivity index (χ1v) is 5.60. The van der Waals surface area contributed by atoms with E-state index in [2.05, 4.69) is 0 Å². The van der Waals surface area contributed by atoms with Crippen LogP contribution in [0.2, 0.25) is 0 Å². The molecule has 1 aliphatic heterocycles. The maximum Gasteiger partial charge on any atom is 0.308 e. The Hall–Kier alpha value is -0.610. The van der Waals surface area contributed by atoms with Crippen molar-refractivity contribution in [2.24, 2.45) is 23.5 Å². The van der Waals surface area contributed by atoms with E-state index in [4.69, 9.17) is 15.6 Å². The molecule has 0 aliphatic carbocycles. The Labute approximate surface area is 90.8 Å². The van der Waals surface area contributed by atoms with Gasteiger partial charge in [0.1, 0.15) is 0 Å². The first-order valence-electron chi connectivity index (χ1n) is 5.60. The molecular weight excluding hydrogens is 194 g/mol. The van der Waals surface area contributed by atoms with Gasteiger partial charge >= 0.3 is 5.97 Å². The van der Waals surface area contributed by atoms with Gasteiger partial charge in [0.2, 0.25) is 0 Å². The monoisotopic (exact) mass is 215 g/mol. The van der Waals surface area contributed by atoms with Crippen LogP contribution in [0.1, 0.15) is 26.7 Å². The summed E-state index contributed by atoms with van der Waals surface area (Å²) >= 11 is 0. The fourth-order valence-electron chi connectivity index (χ4n) is 2.29. The third-order valence-electron chi connectivity index (χ3n) is 3.23. The van der Waals surface area contributed by atoms with E-state index < -0.39 is 11.9 Å². The van der Waals surface area contributed by atoms with Crippen molar-refractivity contribution in [3.05, 3.63) is 0 Å². The van der Waals surface area contributed by atoms with Gasteiger partial charge in [0.15, 0.2) is 0 Å². The molecule has 0 amide bonds. The number of aliphatic carboxylic acids is 1. The van der Waals surface area contributed by atoms with Gasteiger partial charge in [-0.2, -0.15) is 0 Å². The van der Waals surface area contributed by atoms with Gasteiger partial charge < -0.3 is 15.6 Å². The molecule has 3 N–H and O–H groups in total. The van der Waals surface area contributed by atoms with E-state index in [0.29, 0.717) is 19.1 Å². The lowest BCUT2D eigenvalue weighted by Gasteiger charge is -2.33. The number of hydrogen-bond donors (Lipinski definition) is 2. The van der Waals surface area contributed by atoms with Gasteiger partial charge in [-0.25, -0.2) is 0 Å². The minimum absolute atomic E-state index is 0.0837. The van der Waals surface area contributed by atoms with Crippen LogP contribution in [0.4, 0.5) is 0 Å². The predicted octanol–water partition coefficient (Wildman–Crippen LogP) is 1.10. The normalized spacial score (nSPS) is 22.7. The second kappa shape index (κ2) is 5.47.